The Labute approximate surface area is 224 Å². The summed E-state index contributed by atoms with van der Waals surface area (Å²) in [7, 11) is 0. The monoisotopic (exact) mass is 531 g/mol. The molecule has 1 fully saturated rings. The molecule has 2 heterocycles. The number of piperazine rings is 1. The molecule has 2 aliphatic rings. The first-order valence-corrected chi connectivity index (χ1v) is 12.7. The van der Waals surface area contributed by atoms with Crippen molar-refractivity contribution in [1.82, 2.24) is 15.1 Å². The van der Waals surface area contributed by atoms with Crippen LogP contribution < -0.4 is 16.0 Å². The first-order valence-electron chi connectivity index (χ1n) is 12.7. The van der Waals surface area contributed by atoms with Crippen molar-refractivity contribution in [2.45, 2.75) is 45.8 Å². The molecule has 4 rings (SSSR count). The fourth-order valence-electron chi connectivity index (χ4n) is 5.10. The van der Waals surface area contributed by atoms with Gasteiger partial charge in [-0.2, -0.15) is 0 Å². The van der Waals surface area contributed by atoms with Gasteiger partial charge < -0.3 is 20.7 Å². The van der Waals surface area contributed by atoms with E-state index in [0.717, 1.165) is 43.7 Å². The van der Waals surface area contributed by atoms with Crippen molar-refractivity contribution in [2.75, 3.05) is 50.7 Å². The van der Waals surface area contributed by atoms with Gasteiger partial charge in [-0.05, 0) is 45.4 Å². The average molecular weight is 532 g/mol. The van der Waals surface area contributed by atoms with Crippen molar-refractivity contribution < 1.29 is 19.1 Å². The maximum Gasteiger partial charge on any atom is 0.407 e. The number of benzene rings is 2. The van der Waals surface area contributed by atoms with E-state index in [2.05, 4.69) is 22.0 Å². The summed E-state index contributed by atoms with van der Waals surface area (Å²) < 4.78 is 5.23. The third-order valence-corrected chi connectivity index (χ3v) is 6.89. The van der Waals surface area contributed by atoms with Crippen LogP contribution in [-0.4, -0.2) is 85.2 Å². The Hall–Kier alpha value is -2.88. The van der Waals surface area contributed by atoms with Crippen molar-refractivity contribution in [3.05, 3.63) is 41.5 Å². The smallest absolute Gasteiger partial charge is 0.407 e. The Morgan fingerprint density at radius 3 is 2.30 bits per heavy atom. The fraction of sp³-hybridized carbons (Fsp3) is 0.519. The third kappa shape index (κ3) is 6.00. The molecule has 0 bridgehead atoms. The Kier molecular flexibility index (Phi) is 9.05. The van der Waals surface area contributed by atoms with E-state index in [1.165, 1.54) is 4.90 Å². The van der Waals surface area contributed by atoms with Crippen LogP contribution in [0.15, 0.2) is 30.3 Å². The maximum atomic E-state index is 13.3. The number of nitrogens with one attached hydrogen (secondary N) is 1. The zero-order valence-electron chi connectivity index (χ0n) is 22.1. The molecule has 3 N–H and O–H groups in total. The van der Waals surface area contributed by atoms with E-state index >= 15 is 0 Å². The zero-order chi connectivity index (χ0) is 26.0. The molecule has 0 aromatic heterocycles. The summed E-state index contributed by atoms with van der Waals surface area (Å²) in [5, 5.41) is 4.24. The van der Waals surface area contributed by atoms with Gasteiger partial charge in [0.05, 0.1) is 0 Å². The van der Waals surface area contributed by atoms with Crippen molar-refractivity contribution in [3.8, 4) is 0 Å². The number of imide groups is 1. The molecule has 0 spiro atoms. The number of rotatable bonds is 7. The van der Waals surface area contributed by atoms with Crippen LogP contribution in [0.2, 0.25) is 0 Å². The zero-order valence-corrected chi connectivity index (χ0v) is 22.9. The van der Waals surface area contributed by atoms with E-state index in [4.69, 9.17) is 10.5 Å². The molecule has 1 atom stereocenters. The molecular formula is C27H38ClN5O4. The Balaban J connectivity index is 0.00000380. The van der Waals surface area contributed by atoms with Gasteiger partial charge in [0, 0.05) is 79.4 Å². The molecule has 1 saturated heterocycles. The van der Waals surface area contributed by atoms with Crippen molar-refractivity contribution >= 4 is 46.8 Å². The van der Waals surface area contributed by atoms with Crippen LogP contribution in [0.25, 0.3) is 10.8 Å². The largest absolute Gasteiger partial charge is 0.444 e. The van der Waals surface area contributed by atoms with Gasteiger partial charge in [-0.3, -0.25) is 19.4 Å². The summed E-state index contributed by atoms with van der Waals surface area (Å²) in [6.07, 6.45) is 0.453. The molecule has 0 aliphatic carbocycles. The highest BCUT2D eigenvalue weighted by atomic mass is 35.5. The van der Waals surface area contributed by atoms with Crippen LogP contribution in [0.1, 0.15) is 54.8 Å². The summed E-state index contributed by atoms with van der Waals surface area (Å²) in [6.45, 7) is 11.9. The van der Waals surface area contributed by atoms with Crippen LogP contribution in [0.5, 0.6) is 0 Å². The standard InChI is InChI=1S/C27H37N5O4.ClH/c1-5-18(17-28)30-13-15-31(16-14-30)22-10-9-21-23-19(22)7-6-8-20(23)24(33)32(25(21)34)12-11-29-26(35)36-27(2,3)4;/h6-10,18H,5,11-17,28H2,1-4H3,(H,29,35);1H. The SMILES string of the molecule is CCC(CN)N1CCN(c2ccc3c4c(cccc24)C(=O)N(CCNC(=O)OC(C)(C)C)C3=O)CC1.Cl. The second-order valence-electron chi connectivity index (χ2n) is 10.4. The highest BCUT2D eigenvalue weighted by molar-refractivity contribution is 6.26. The fourth-order valence-corrected chi connectivity index (χ4v) is 5.10. The Bertz CT molecular complexity index is 1130. The molecule has 202 valence electrons. The van der Waals surface area contributed by atoms with Gasteiger partial charge in [0.2, 0.25) is 0 Å². The van der Waals surface area contributed by atoms with Gasteiger partial charge in [0.15, 0.2) is 0 Å². The number of alkyl carbamates (subject to hydrolysis) is 1. The number of nitrogens with zero attached hydrogens (tertiary/aromatic N) is 3. The quantitative estimate of drug-likeness (QED) is 0.528. The summed E-state index contributed by atoms with van der Waals surface area (Å²) in [4.78, 5) is 44.6. The van der Waals surface area contributed by atoms with Gasteiger partial charge in [-0.1, -0.05) is 19.1 Å². The van der Waals surface area contributed by atoms with Crippen molar-refractivity contribution in [1.29, 1.82) is 0 Å². The highest BCUT2D eigenvalue weighted by Crippen LogP contribution is 2.36. The van der Waals surface area contributed by atoms with Crippen LogP contribution in [-0.2, 0) is 4.74 Å². The highest BCUT2D eigenvalue weighted by Gasteiger charge is 2.34. The van der Waals surface area contributed by atoms with E-state index in [1.54, 1.807) is 26.8 Å². The molecule has 2 aromatic carbocycles. The lowest BCUT2D eigenvalue weighted by atomic mass is 9.92. The number of hydrogen-bond acceptors (Lipinski definition) is 7. The number of halogens is 1. The number of amides is 3. The summed E-state index contributed by atoms with van der Waals surface area (Å²) >= 11 is 0. The lowest BCUT2D eigenvalue weighted by Crippen LogP contribution is -2.52. The second-order valence-corrected chi connectivity index (χ2v) is 10.4. The lowest BCUT2D eigenvalue weighted by Gasteiger charge is -2.40. The van der Waals surface area contributed by atoms with Crippen LogP contribution in [0.4, 0.5) is 10.5 Å². The van der Waals surface area contributed by atoms with E-state index < -0.39 is 11.7 Å². The number of carbonyl (C=O) groups is 3. The van der Waals surface area contributed by atoms with E-state index in [-0.39, 0.29) is 37.3 Å². The predicted octanol–water partition coefficient (Wildman–Crippen LogP) is 3.24. The Morgan fingerprint density at radius 1 is 1.05 bits per heavy atom. The second kappa shape index (κ2) is 11.7. The predicted molar refractivity (Wildman–Crippen MR) is 148 cm³/mol. The van der Waals surface area contributed by atoms with Crippen LogP contribution in [0, 0.1) is 0 Å². The van der Waals surface area contributed by atoms with E-state index in [1.807, 2.05) is 24.3 Å². The Morgan fingerprint density at radius 2 is 1.70 bits per heavy atom. The van der Waals surface area contributed by atoms with E-state index in [0.29, 0.717) is 29.1 Å². The summed E-state index contributed by atoms with van der Waals surface area (Å²) in [5.74, 6) is -0.695. The minimum Gasteiger partial charge on any atom is -0.444 e. The summed E-state index contributed by atoms with van der Waals surface area (Å²) in [6, 6.07) is 9.83. The minimum absolute atomic E-state index is 0. The van der Waals surface area contributed by atoms with Gasteiger partial charge in [0.25, 0.3) is 11.8 Å². The molecule has 2 aromatic rings. The molecular weight excluding hydrogens is 494 g/mol. The molecule has 9 nitrogen and oxygen atoms in total. The minimum atomic E-state index is -0.623. The van der Waals surface area contributed by atoms with Gasteiger partial charge in [-0.15, -0.1) is 12.4 Å². The topological polar surface area (TPSA) is 108 Å². The molecule has 0 radical (unpaired) electrons. The van der Waals surface area contributed by atoms with Crippen LogP contribution in [0.3, 0.4) is 0 Å². The number of anilines is 1. The maximum absolute atomic E-state index is 13.3. The normalized spacial score (nSPS) is 17.0. The number of hydrogen-bond donors (Lipinski definition) is 2. The number of ether oxygens (including phenoxy) is 1. The molecule has 37 heavy (non-hydrogen) atoms. The van der Waals surface area contributed by atoms with Crippen LogP contribution >= 0.6 is 12.4 Å². The molecule has 1 unspecified atom stereocenters. The summed E-state index contributed by atoms with van der Waals surface area (Å²) in [5.41, 5.74) is 7.38. The van der Waals surface area contributed by atoms with Gasteiger partial charge in [-0.25, -0.2) is 4.79 Å². The van der Waals surface area contributed by atoms with Gasteiger partial charge in [0.1, 0.15) is 5.60 Å². The van der Waals surface area contributed by atoms with Gasteiger partial charge >= 0.3 is 6.09 Å². The van der Waals surface area contributed by atoms with Crippen molar-refractivity contribution in [3.63, 3.8) is 0 Å². The average Bonchev–Trinajstić information content (AvgIpc) is 2.84. The molecule has 2 aliphatic heterocycles. The third-order valence-electron chi connectivity index (χ3n) is 6.89. The molecule has 3 amide bonds. The number of carbonyl (C=O) groups excluding carboxylic acids is 3. The first kappa shape index (κ1) is 28.7. The lowest BCUT2D eigenvalue weighted by molar-refractivity contribution is 0.0496. The molecule has 10 heteroatoms. The van der Waals surface area contributed by atoms with E-state index in [9.17, 15) is 14.4 Å². The van der Waals surface area contributed by atoms with Crippen molar-refractivity contribution in [2.24, 2.45) is 5.73 Å². The number of nitrogens with two attached hydrogens (primary N) is 1. The first-order chi connectivity index (χ1) is 17.1. The molecule has 0 saturated carbocycles.